The third-order valence-electron chi connectivity index (χ3n) is 3.11. The van der Waals surface area contributed by atoms with Crippen molar-refractivity contribution in [1.29, 1.82) is 0 Å². The van der Waals surface area contributed by atoms with Crippen LogP contribution < -0.4 is 0 Å². The number of rotatable bonds is 5. The number of ether oxygens (including phenoxy) is 1. The number of hydrogen-bond donors (Lipinski definition) is 0. The highest BCUT2D eigenvalue weighted by molar-refractivity contribution is 5.28. The largest absolute Gasteiger partial charge is 0.489 e. The summed E-state index contributed by atoms with van der Waals surface area (Å²) < 4.78 is 5.60. The molecule has 0 saturated heterocycles. The topological polar surface area (TPSA) is 52.4 Å². The summed E-state index contributed by atoms with van der Waals surface area (Å²) in [5.41, 5.74) is -0.133. The minimum Gasteiger partial charge on any atom is -0.489 e. The van der Waals surface area contributed by atoms with Crippen LogP contribution in [-0.2, 0) is 11.3 Å². The molecule has 1 aliphatic carbocycles. The smallest absolute Gasteiger partial charge is 0.262 e. The zero-order chi connectivity index (χ0) is 13.7. The van der Waals surface area contributed by atoms with Gasteiger partial charge in [-0.2, -0.15) is 0 Å². The molecule has 0 bridgehead atoms. The molecule has 1 aromatic carbocycles. The van der Waals surface area contributed by atoms with Crippen molar-refractivity contribution >= 4 is 0 Å². The van der Waals surface area contributed by atoms with Crippen LogP contribution in [0.2, 0.25) is 0 Å². The Balaban J connectivity index is 1.97. The summed E-state index contributed by atoms with van der Waals surface area (Å²) in [6, 6.07) is 9.77. The number of nitro groups is 1. The highest BCUT2D eigenvalue weighted by atomic mass is 16.6. The first-order chi connectivity index (χ1) is 9.16. The Morgan fingerprint density at radius 2 is 2.16 bits per heavy atom. The second-order valence-corrected chi connectivity index (χ2v) is 4.37. The normalized spacial score (nSPS) is 21.6. The van der Waals surface area contributed by atoms with Gasteiger partial charge in [0.25, 0.3) is 5.54 Å². The van der Waals surface area contributed by atoms with Gasteiger partial charge >= 0.3 is 0 Å². The Hall–Kier alpha value is -2.36. The van der Waals surface area contributed by atoms with Crippen molar-refractivity contribution in [1.82, 2.24) is 0 Å². The fourth-order valence-electron chi connectivity index (χ4n) is 1.84. The van der Waals surface area contributed by atoms with E-state index < -0.39 is 5.54 Å². The van der Waals surface area contributed by atoms with E-state index in [9.17, 15) is 10.1 Å². The van der Waals surface area contributed by atoms with Gasteiger partial charge < -0.3 is 4.74 Å². The van der Waals surface area contributed by atoms with Gasteiger partial charge in [-0.15, -0.1) is 0 Å². The number of benzene rings is 1. The molecule has 0 amide bonds. The van der Waals surface area contributed by atoms with Crippen LogP contribution in [-0.4, -0.2) is 10.5 Å². The number of nitrogens with zero attached hydrogens (tertiary/aromatic N) is 1. The minimum atomic E-state index is -1.19. The lowest BCUT2D eigenvalue weighted by Gasteiger charge is -2.20. The highest BCUT2D eigenvalue weighted by Crippen LogP contribution is 2.26. The Kier molecular flexibility index (Phi) is 3.80. The molecule has 0 N–H and O–H groups in total. The summed E-state index contributed by atoms with van der Waals surface area (Å²) in [5, 5.41) is 11.0. The van der Waals surface area contributed by atoms with Crippen molar-refractivity contribution in [3.63, 3.8) is 0 Å². The van der Waals surface area contributed by atoms with Crippen LogP contribution >= 0.6 is 0 Å². The molecule has 0 radical (unpaired) electrons. The van der Waals surface area contributed by atoms with Gasteiger partial charge in [-0.25, -0.2) is 0 Å². The molecule has 4 nitrogen and oxygen atoms in total. The van der Waals surface area contributed by atoms with Gasteiger partial charge in [0, 0.05) is 17.4 Å². The van der Waals surface area contributed by atoms with Crippen molar-refractivity contribution in [2.75, 3.05) is 0 Å². The number of hydrogen-bond acceptors (Lipinski definition) is 3. The van der Waals surface area contributed by atoms with Crippen molar-refractivity contribution in [2.45, 2.75) is 18.6 Å². The molecule has 1 aliphatic rings. The Morgan fingerprint density at radius 1 is 1.42 bits per heavy atom. The van der Waals surface area contributed by atoms with Crippen LogP contribution in [0.4, 0.5) is 0 Å². The van der Waals surface area contributed by atoms with Gasteiger partial charge in [-0.3, -0.25) is 10.1 Å². The maximum absolute atomic E-state index is 11.0. The fourth-order valence-corrected chi connectivity index (χ4v) is 1.84. The quantitative estimate of drug-likeness (QED) is 0.462. The van der Waals surface area contributed by atoms with Crippen LogP contribution in [0.25, 0.3) is 0 Å². The van der Waals surface area contributed by atoms with Gasteiger partial charge in [-0.1, -0.05) is 36.9 Å². The molecule has 0 aromatic heterocycles. The summed E-state index contributed by atoms with van der Waals surface area (Å²) in [4.78, 5) is 10.7. The average molecular weight is 257 g/mol. The van der Waals surface area contributed by atoms with Crippen molar-refractivity contribution in [3.05, 3.63) is 82.7 Å². The molecule has 1 unspecified atom stereocenters. The average Bonchev–Trinajstić information content (AvgIpc) is 2.46. The Morgan fingerprint density at radius 3 is 2.68 bits per heavy atom. The van der Waals surface area contributed by atoms with E-state index >= 15 is 0 Å². The van der Waals surface area contributed by atoms with Crippen molar-refractivity contribution in [2.24, 2.45) is 0 Å². The lowest BCUT2D eigenvalue weighted by Crippen LogP contribution is -2.34. The van der Waals surface area contributed by atoms with E-state index in [1.54, 1.807) is 12.2 Å². The highest BCUT2D eigenvalue weighted by Gasteiger charge is 2.37. The monoisotopic (exact) mass is 257 g/mol. The van der Waals surface area contributed by atoms with Crippen LogP contribution in [0.3, 0.4) is 0 Å². The van der Waals surface area contributed by atoms with E-state index in [1.165, 1.54) is 12.2 Å². The molecule has 98 valence electrons. The lowest BCUT2D eigenvalue weighted by molar-refractivity contribution is -0.539. The van der Waals surface area contributed by atoms with Gasteiger partial charge in [0.05, 0.1) is 0 Å². The minimum absolute atomic E-state index is 0.268. The Labute approximate surface area is 111 Å². The molecular weight excluding hydrogens is 242 g/mol. The van der Waals surface area contributed by atoms with Gasteiger partial charge in [0.2, 0.25) is 0 Å². The van der Waals surface area contributed by atoms with Crippen LogP contribution in [0.1, 0.15) is 12.0 Å². The first kappa shape index (κ1) is 13.1. The third kappa shape index (κ3) is 2.91. The predicted molar refractivity (Wildman–Crippen MR) is 73.0 cm³/mol. The molecule has 0 fully saturated rings. The summed E-state index contributed by atoms with van der Waals surface area (Å²) in [5.74, 6) is 0.656. The molecule has 0 spiro atoms. The van der Waals surface area contributed by atoms with Crippen molar-refractivity contribution < 1.29 is 9.66 Å². The lowest BCUT2D eigenvalue weighted by atomic mass is 9.92. The Bertz CT molecular complexity index is 534. The SMILES string of the molecule is C=CC1([N+](=O)[O-])C=CC(OCc2ccccc2)=CC1. The summed E-state index contributed by atoms with van der Waals surface area (Å²) in [6.07, 6.45) is 6.52. The molecule has 0 heterocycles. The molecule has 0 saturated carbocycles. The third-order valence-corrected chi connectivity index (χ3v) is 3.11. The van der Waals surface area contributed by atoms with Crippen LogP contribution in [0.5, 0.6) is 0 Å². The van der Waals surface area contributed by atoms with Gasteiger partial charge in [0.1, 0.15) is 12.4 Å². The first-order valence-electron chi connectivity index (χ1n) is 6.00. The van der Waals surface area contributed by atoms with Crippen LogP contribution in [0, 0.1) is 10.1 Å². The van der Waals surface area contributed by atoms with Crippen molar-refractivity contribution in [3.8, 4) is 0 Å². The molecule has 2 rings (SSSR count). The zero-order valence-corrected chi connectivity index (χ0v) is 10.5. The predicted octanol–water partition coefficient (Wildman–Crippen LogP) is 3.25. The molecule has 1 atom stereocenters. The standard InChI is InChI=1S/C15H15NO3/c1-2-15(16(17)18)10-8-14(9-11-15)19-12-13-6-4-3-5-7-13/h2-10H,1,11-12H2. The molecular formula is C15H15NO3. The van der Waals surface area contributed by atoms with Gasteiger partial charge in [0.15, 0.2) is 0 Å². The van der Waals surface area contributed by atoms with E-state index in [0.29, 0.717) is 12.4 Å². The zero-order valence-electron chi connectivity index (χ0n) is 10.5. The summed E-state index contributed by atoms with van der Waals surface area (Å²) >= 11 is 0. The van der Waals surface area contributed by atoms with E-state index in [4.69, 9.17) is 4.74 Å². The molecule has 4 heteroatoms. The molecule has 19 heavy (non-hydrogen) atoms. The maximum atomic E-state index is 11.0. The summed E-state index contributed by atoms with van der Waals surface area (Å²) in [7, 11) is 0. The number of allylic oxidation sites excluding steroid dienone is 1. The molecule has 0 aliphatic heterocycles. The van der Waals surface area contributed by atoms with E-state index in [-0.39, 0.29) is 11.3 Å². The fraction of sp³-hybridized carbons (Fsp3) is 0.200. The second-order valence-electron chi connectivity index (χ2n) is 4.37. The van der Waals surface area contributed by atoms with E-state index in [2.05, 4.69) is 6.58 Å². The first-order valence-corrected chi connectivity index (χ1v) is 6.00. The van der Waals surface area contributed by atoms with E-state index in [1.807, 2.05) is 30.3 Å². The molecule has 1 aromatic rings. The van der Waals surface area contributed by atoms with E-state index in [0.717, 1.165) is 5.56 Å². The van der Waals surface area contributed by atoms with Gasteiger partial charge in [-0.05, 0) is 23.8 Å². The summed E-state index contributed by atoms with van der Waals surface area (Å²) in [6.45, 7) is 3.99. The maximum Gasteiger partial charge on any atom is 0.262 e. The van der Waals surface area contributed by atoms with Crippen LogP contribution in [0.15, 0.2) is 67.0 Å². The second kappa shape index (κ2) is 5.52.